The summed E-state index contributed by atoms with van der Waals surface area (Å²) < 4.78 is 47.0. The van der Waals surface area contributed by atoms with Gasteiger partial charge >= 0.3 is 5.97 Å². The fraction of sp³-hybridized carbons (Fsp3) is 0.111. The molecule has 58 heavy (non-hydrogen) atoms. The highest BCUT2D eigenvalue weighted by atomic mass is 32.2. The van der Waals surface area contributed by atoms with Gasteiger partial charge < -0.3 is 25.6 Å². The second-order valence-electron chi connectivity index (χ2n) is 11.8. The number of benzene rings is 3. The van der Waals surface area contributed by atoms with Crippen LogP contribution in [0.2, 0.25) is 0 Å². The molecule has 0 saturated heterocycles. The van der Waals surface area contributed by atoms with Crippen molar-refractivity contribution in [2.75, 3.05) is 40.5 Å². The molecule has 1 aliphatic heterocycles. The molecule has 296 valence electrons. The lowest BCUT2D eigenvalue weighted by Crippen LogP contribution is -2.27. The second kappa shape index (κ2) is 16.9. The van der Waals surface area contributed by atoms with Gasteiger partial charge in [-0.25, -0.2) is 4.79 Å². The molecule has 3 aromatic carbocycles. The van der Waals surface area contributed by atoms with Crippen molar-refractivity contribution >= 4 is 91.8 Å². The van der Waals surface area contributed by atoms with E-state index in [-0.39, 0.29) is 75.8 Å². The standard InChI is InChI=1S/C36H31N11O10S/c1-3-56-28-16-26(43-45-32-30(58(53,54)55)14-22-21(33(32)49)10-11-24(37)31(22)44-47-36-38-17-39-46-36)29(57-4-2)15-25(28)40-34(50)18-5-7-19(8-6-18)41-42-20-9-12-27(48)23(13-20)35(51)52/h5-17,41,43-44H,3-4,37H2,1-2H3,(H,40,50)(H,51,52)(H,53,54,55)/b42-20-,45-32-,47-36-. The van der Waals surface area contributed by atoms with E-state index in [0.29, 0.717) is 5.69 Å². The number of carbonyl (C=O) groups is 4. The molecule has 1 heterocycles. The number of aliphatic imine (C=N–C) groups is 1. The summed E-state index contributed by atoms with van der Waals surface area (Å²) in [4.78, 5) is 53.1. The lowest BCUT2D eigenvalue weighted by Gasteiger charge is -2.20. The number of nitrogens with zero attached hydrogens (tertiary/aromatic N) is 6. The molecule has 0 atom stereocenters. The van der Waals surface area contributed by atoms with Crippen LogP contribution >= 0.6 is 0 Å². The highest BCUT2D eigenvalue weighted by Gasteiger charge is 2.35. The summed E-state index contributed by atoms with van der Waals surface area (Å²) in [6.45, 7) is 3.70. The first-order chi connectivity index (χ1) is 27.8. The number of hydrogen-bond donors (Lipinski definition) is 7. The van der Waals surface area contributed by atoms with Crippen molar-refractivity contribution in [3.63, 3.8) is 0 Å². The maximum absolute atomic E-state index is 13.8. The SMILES string of the molecule is CCOc1cc(NC(=O)c2ccc(N/N=C3/C=CC(=O)C(C(=O)O)=C3)cc2)c(OCC)cc1N/N=C1\C(=O)c2ccc(N)c(N/N=C3/N=CN=N3)c2C=C1S(=O)(=O)O. The van der Waals surface area contributed by atoms with Crippen molar-refractivity contribution < 1.29 is 46.7 Å². The van der Waals surface area contributed by atoms with Crippen molar-refractivity contribution in [2.24, 2.45) is 30.5 Å². The van der Waals surface area contributed by atoms with Gasteiger partial charge in [0.05, 0.1) is 41.7 Å². The number of ketones is 2. The number of fused-ring (bicyclic) bond motifs is 1. The molecule has 0 fully saturated rings. The Kier molecular flexibility index (Phi) is 11.6. The Morgan fingerprint density at radius 1 is 0.879 bits per heavy atom. The Labute approximate surface area is 328 Å². The molecule has 8 N–H and O–H groups in total. The monoisotopic (exact) mass is 809 g/mol. The van der Waals surface area contributed by atoms with Crippen molar-refractivity contribution in [1.29, 1.82) is 0 Å². The molecule has 0 bridgehead atoms. The van der Waals surface area contributed by atoms with Gasteiger partial charge in [-0.3, -0.25) is 35.2 Å². The molecule has 0 saturated carbocycles. The van der Waals surface area contributed by atoms with Crippen LogP contribution in [0.3, 0.4) is 0 Å². The number of hydrazone groups is 3. The van der Waals surface area contributed by atoms with E-state index in [1.807, 2.05) is 0 Å². The van der Waals surface area contributed by atoms with Gasteiger partial charge in [-0.1, -0.05) is 0 Å². The number of carbonyl (C=O) groups excluding carboxylic acids is 3. The van der Waals surface area contributed by atoms with E-state index in [0.717, 1.165) is 24.6 Å². The minimum Gasteiger partial charge on any atom is -0.492 e. The summed E-state index contributed by atoms with van der Waals surface area (Å²) in [5, 5.41) is 31.3. The number of ether oxygens (including phenoxy) is 2. The Hall–Kier alpha value is -7.85. The van der Waals surface area contributed by atoms with Crippen molar-refractivity contribution in [3.8, 4) is 11.5 Å². The van der Waals surface area contributed by atoms with Crippen LogP contribution in [0.1, 0.15) is 40.1 Å². The molecule has 0 aromatic heterocycles. The summed E-state index contributed by atoms with van der Waals surface area (Å²) in [6.07, 6.45) is 5.75. The molecule has 21 nitrogen and oxygen atoms in total. The van der Waals surface area contributed by atoms with Crippen LogP contribution in [0.4, 0.5) is 28.4 Å². The molecule has 2 aliphatic carbocycles. The number of nitrogen functional groups attached to an aromatic ring is 1. The Morgan fingerprint density at radius 3 is 2.24 bits per heavy atom. The van der Waals surface area contributed by atoms with Gasteiger partial charge in [-0.2, -0.15) is 23.6 Å². The van der Waals surface area contributed by atoms with Gasteiger partial charge in [0.2, 0.25) is 5.78 Å². The van der Waals surface area contributed by atoms with Crippen LogP contribution in [0.25, 0.3) is 6.08 Å². The van der Waals surface area contributed by atoms with Crippen LogP contribution in [0.5, 0.6) is 11.5 Å². The number of nitrogens with one attached hydrogen (secondary N) is 4. The number of guanidine groups is 1. The summed E-state index contributed by atoms with van der Waals surface area (Å²) in [6, 6.07) is 11.7. The van der Waals surface area contributed by atoms with Gasteiger partial charge in [-0.15, -0.1) is 15.3 Å². The number of aliphatic carboxylic acids is 1. The highest BCUT2D eigenvalue weighted by Crippen LogP contribution is 2.39. The Morgan fingerprint density at radius 2 is 1.59 bits per heavy atom. The van der Waals surface area contributed by atoms with E-state index in [1.54, 1.807) is 26.0 Å². The maximum Gasteiger partial charge on any atom is 0.339 e. The molecular formula is C36H31N11O10S. The topological polar surface area (TPSA) is 310 Å². The number of carboxylic acids is 1. The average Bonchev–Trinajstić information content (AvgIpc) is 3.71. The number of rotatable bonds is 14. The number of Topliss-reactive ketones (excluding diaryl/α,β-unsaturated/α-hetero) is 1. The van der Waals surface area contributed by atoms with Gasteiger partial charge in [0.1, 0.15) is 34.0 Å². The van der Waals surface area contributed by atoms with Gasteiger partial charge in [0.25, 0.3) is 22.0 Å². The molecule has 3 aliphatic rings. The number of nitrogens with two attached hydrogens (primary N) is 1. The number of hydrogen-bond acceptors (Lipinski definition) is 16. The third kappa shape index (κ3) is 8.82. The van der Waals surface area contributed by atoms with E-state index < -0.39 is 49.8 Å². The Bertz CT molecular complexity index is 2600. The number of azo groups is 1. The number of carboxylic acid groups (broad SMARTS) is 1. The van der Waals surface area contributed by atoms with Crippen LogP contribution in [-0.2, 0) is 19.7 Å². The van der Waals surface area contributed by atoms with Gasteiger partial charge in [0.15, 0.2) is 11.5 Å². The maximum atomic E-state index is 13.8. The fourth-order valence-electron chi connectivity index (χ4n) is 5.37. The molecule has 0 radical (unpaired) electrons. The van der Waals surface area contributed by atoms with Crippen LogP contribution in [0.15, 0.2) is 108 Å². The number of allylic oxidation sites excluding steroid dienone is 4. The van der Waals surface area contributed by atoms with Crippen LogP contribution < -0.4 is 36.8 Å². The smallest absolute Gasteiger partial charge is 0.339 e. The zero-order valence-electron chi connectivity index (χ0n) is 30.2. The van der Waals surface area contributed by atoms with Crippen molar-refractivity contribution in [1.82, 2.24) is 0 Å². The van der Waals surface area contributed by atoms with Crippen molar-refractivity contribution in [3.05, 3.63) is 93.9 Å². The van der Waals surface area contributed by atoms with Gasteiger partial charge in [-0.05, 0) is 74.5 Å². The third-order valence-electron chi connectivity index (χ3n) is 8.04. The van der Waals surface area contributed by atoms with E-state index in [2.05, 4.69) is 52.1 Å². The molecule has 0 spiro atoms. The molecule has 1 amide bonds. The number of anilines is 5. The molecule has 22 heteroatoms. The summed E-state index contributed by atoms with van der Waals surface area (Å²) in [5.74, 6) is -3.25. The van der Waals surface area contributed by atoms with Crippen LogP contribution in [-0.4, -0.2) is 78.5 Å². The van der Waals surface area contributed by atoms with Crippen LogP contribution in [0, 0.1) is 0 Å². The third-order valence-corrected chi connectivity index (χ3v) is 8.90. The normalized spacial score (nSPS) is 16.6. The zero-order valence-corrected chi connectivity index (χ0v) is 31.1. The van der Waals surface area contributed by atoms with E-state index in [1.165, 1.54) is 42.5 Å². The fourth-order valence-corrected chi connectivity index (χ4v) is 6.02. The first-order valence-electron chi connectivity index (χ1n) is 16.9. The predicted octanol–water partition coefficient (Wildman–Crippen LogP) is 4.31. The Balaban J connectivity index is 1.25. The van der Waals surface area contributed by atoms with E-state index >= 15 is 0 Å². The minimum absolute atomic E-state index is 0.00223. The highest BCUT2D eigenvalue weighted by molar-refractivity contribution is 7.91. The van der Waals surface area contributed by atoms with Gasteiger partial charge in [0, 0.05) is 28.8 Å². The summed E-state index contributed by atoms with van der Waals surface area (Å²) in [7, 11) is -5.06. The first kappa shape index (κ1) is 39.8. The molecule has 3 aromatic rings. The summed E-state index contributed by atoms with van der Waals surface area (Å²) in [5.41, 5.74) is 14.3. The largest absolute Gasteiger partial charge is 0.492 e. The first-order valence-corrected chi connectivity index (χ1v) is 18.3. The zero-order chi connectivity index (χ0) is 41.6. The lowest BCUT2D eigenvalue weighted by molar-refractivity contribution is -0.134. The quantitative estimate of drug-likeness (QED) is 0.0393. The predicted molar refractivity (Wildman–Crippen MR) is 214 cm³/mol. The molecular weight excluding hydrogens is 779 g/mol. The molecule has 6 rings (SSSR count). The number of amides is 1. The average molecular weight is 810 g/mol. The minimum atomic E-state index is -5.06. The lowest BCUT2D eigenvalue weighted by atomic mass is 9.92. The van der Waals surface area contributed by atoms with Crippen molar-refractivity contribution in [2.45, 2.75) is 13.8 Å². The summed E-state index contributed by atoms with van der Waals surface area (Å²) >= 11 is 0. The molecule has 0 unspecified atom stereocenters. The van der Waals surface area contributed by atoms with E-state index in [4.69, 9.17) is 15.2 Å². The second-order valence-corrected chi connectivity index (χ2v) is 13.2. The van der Waals surface area contributed by atoms with E-state index in [9.17, 15) is 37.3 Å².